The van der Waals surface area contributed by atoms with E-state index in [-0.39, 0.29) is 0 Å². The molecule has 2 aromatic heterocycles. The van der Waals surface area contributed by atoms with Crippen LogP contribution in [-0.2, 0) is 17.9 Å². The highest BCUT2D eigenvalue weighted by Crippen LogP contribution is 2.19. The Morgan fingerprint density at radius 3 is 3.07 bits per heavy atom. The van der Waals surface area contributed by atoms with Gasteiger partial charge in [0.1, 0.15) is 17.3 Å². The van der Waals surface area contributed by atoms with Crippen LogP contribution >= 0.6 is 11.3 Å². The van der Waals surface area contributed by atoms with Crippen molar-refractivity contribution in [3.05, 3.63) is 16.2 Å². The molecule has 0 bridgehead atoms. The lowest BCUT2D eigenvalue weighted by atomic mass is 10.5. The predicted octanol–water partition coefficient (Wildman–Crippen LogP) is 0.798. The number of ether oxygens (including phenoxy) is 1. The van der Waals surface area contributed by atoms with Crippen molar-refractivity contribution >= 4 is 11.3 Å². The van der Waals surface area contributed by atoms with Crippen molar-refractivity contribution in [1.82, 2.24) is 15.1 Å². The van der Waals surface area contributed by atoms with E-state index in [1.54, 1.807) is 7.11 Å². The molecule has 2 rings (SSSR count). The third kappa shape index (κ3) is 2.20. The largest absolute Gasteiger partial charge is 0.377 e. The molecule has 0 aliphatic rings. The smallest absolute Gasteiger partial charge is 0.277 e. The number of rotatable bonds is 4. The molecule has 0 radical (unpaired) electrons. The minimum Gasteiger partial charge on any atom is -0.377 e. The van der Waals surface area contributed by atoms with Gasteiger partial charge in [-0.3, -0.25) is 0 Å². The normalized spacial score (nSPS) is 10.8. The lowest BCUT2D eigenvalue weighted by molar-refractivity contribution is 0.174. The molecule has 0 saturated carbocycles. The highest BCUT2D eigenvalue weighted by atomic mass is 32.1. The maximum absolute atomic E-state index is 5.46. The molecule has 0 aromatic carbocycles. The molecule has 80 valence electrons. The minimum absolute atomic E-state index is 0.331. The van der Waals surface area contributed by atoms with E-state index in [1.807, 2.05) is 5.38 Å². The average Bonchev–Trinajstić information content (AvgIpc) is 2.85. The number of hydrogen-bond donors (Lipinski definition) is 1. The Hall–Kier alpha value is -1.31. The van der Waals surface area contributed by atoms with Crippen LogP contribution in [0.4, 0.5) is 0 Å². The fourth-order valence-corrected chi connectivity index (χ4v) is 1.70. The molecule has 0 amide bonds. The van der Waals surface area contributed by atoms with Gasteiger partial charge in [-0.05, 0) is 0 Å². The first-order chi connectivity index (χ1) is 7.33. The van der Waals surface area contributed by atoms with E-state index in [0.717, 1.165) is 5.01 Å². The van der Waals surface area contributed by atoms with Crippen LogP contribution in [0, 0.1) is 0 Å². The first-order valence-corrected chi connectivity index (χ1v) is 5.18. The summed E-state index contributed by atoms with van der Waals surface area (Å²) in [4.78, 5) is 8.35. The molecular weight excluding hydrogens is 216 g/mol. The van der Waals surface area contributed by atoms with Gasteiger partial charge in [-0.1, -0.05) is 5.16 Å². The zero-order chi connectivity index (χ0) is 10.7. The maximum atomic E-state index is 5.46. The predicted molar refractivity (Wildman–Crippen MR) is 54.0 cm³/mol. The molecule has 15 heavy (non-hydrogen) atoms. The average molecular weight is 226 g/mol. The van der Waals surface area contributed by atoms with E-state index < -0.39 is 0 Å². The van der Waals surface area contributed by atoms with Gasteiger partial charge < -0.3 is 15.0 Å². The van der Waals surface area contributed by atoms with Gasteiger partial charge in [-0.15, -0.1) is 11.3 Å². The molecule has 0 spiro atoms. The molecule has 7 heteroatoms. The minimum atomic E-state index is 0.331. The van der Waals surface area contributed by atoms with Crippen molar-refractivity contribution < 1.29 is 9.26 Å². The second-order valence-electron chi connectivity index (χ2n) is 2.78. The molecule has 0 fully saturated rings. The van der Waals surface area contributed by atoms with Gasteiger partial charge in [-0.25, -0.2) is 4.98 Å². The first-order valence-electron chi connectivity index (χ1n) is 4.30. The molecule has 0 aliphatic heterocycles. The quantitative estimate of drug-likeness (QED) is 0.829. The Balaban J connectivity index is 2.21. The van der Waals surface area contributed by atoms with Gasteiger partial charge in [0.25, 0.3) is 5.89 Å². The summed E-state index contributed by atoms with van der Waals surface area (Å²) in [5, 5.41) is 6.42. The van der Waals surface area contributed by atoms with Crippen LogP contribution in [0.15, 0.2) is 9.90 Å². The van der Waals surface area contributed by atoms with E-state index in [1.165, 1.54) is 11.3 Å². The van der Waals surface area contributed by atoms with Crippen LogP contribution in [0.2, 0.25) is 0 Å². The van der Waals surface area contributed by atoms with Crippen LogP contribution in [0.25, 0.3) is 11.6 Å². The van der Waals surface area contributed by atoms with Gasteiger partial charge in [0, 0.05) is 19.0 Å². The zero-order valence-corrected chi connectivity index (χ0v) is 8.95. The van der Waals surface area contributed by atoms with Crippen molar-refractivity contribution in [3.63, 3.8) is 0 Å². The highest BCUT2D eigenvalue weighted by molar-refractivity contribution is 7.09. The topological polar surface area (TPSA) is 87.1 Å². The summed E-state index contributed by atoms with van der Waals surface area (Å²) in [6.45, 7) is 0.751. The number of nitrogens with zero attached hydrogens (tertiary/aromatic N) is 3. The maximum Gasteiger partial charge on any atom is 0.277 e. The number of methoxy groups -OCH3 is 1. The van der Waals surface area contributed by atoms with Gasteiger partial charge in [-0.2, -0.15) is 4.98 Å². The molecular formula is C8H10N4O2S. The van der Waals surface area contributed by atoms with E-state index in [4.69, 9.17) is 15.0 Å². The summed E-state index contributed by atoms with van der Waals surface area (Å²) in [6, 6.07) is 0. The van der Waals surface area contributed by atoms with E-state index in [0.29, 0.717) is 30.6 Å². The van der Waals surface area contributed by atoms with Gasteiger partial charge >= 0.3 is 0 Å². The SMILES string of the molecule is COCc1noc(-c2csc(CN)n2)n1. The third-order valence-corrected chi connectivity index (χ3v) is 2.56. The Morgan fingerprint density at radius 1 is 1.53 bits per heavy atom. The molecule has 0 atom stereocenters. The van der Waals surface area contributed by atoms with Crippen LogP contribution in [0.1, 0.15) is 10.8 Å². The van der Waals surface area contributed by atoms with Crippen molar-refractivity contribution in [2.45, 2.75) is 13.2 Å². The second-order valence-corrected chi connectivity index (χ2v) is 3.72. The van der Waals surface area contributed by atoms with Crippen molar-refractivity contribution in [2.75, 3.05) is 7.11 Å². The van der Waals surface area contributed by atoms with Gasteiger partial charge in [0.15, 0.2) is 5.82 Å². The summed E-state index contributed by atoms with van der Waals surface area (Å²) in [7, 11) is 1.57. The lowest BCUT2D eigenvalue weighted by Crippen LogP contribution is -1.94. The van der Waals surface area contributed by atoms with Crippen molar-refractivity contribution in [1.29, 1.82) is 0 Å². The molecule has 2 aromatic rings. The second kappa shape index (κ2) is 4.47. The fourth-order valence-electron chi connectivity index (χ4n) is 1.05. The summed E-state index contributed by atoms with van der Waals surface area (Å²) >= 11 is 1.47. The van der Waals surface area contributed by atoms with E-state index in [9.17, 15) is 0 Å². The van der Waals surface area contributed by atoms with E-state index >= 15 is 0 Å². The summed E-state index contributed by atoms with van der Waals surface area (Å²) in [5.41, 5.74) is 6.12. The first kappa shape index (κ1) is 10.2. The Labute approximate surface area is 90.1 Å². The number of nitrogens with two attached hydrogens (primary N) is 1. The van der Waals surface area contributed by atoms with Crippen LogP contribution in [0.3, 0.4) is 0 Å². The summed E-state index contributed by atoms with van der Waals surface area (Å²) in [5.74, 6) is 0.910. The molecule has 2 heterocycles. The van der Waals surface area contributed by atoms with Crippen LogP contribution < -0.4 is 5.73 Å². The number of hydrogen-bond acceptors (Lipinski definition) is 7. The third-order valence-electron chi connectivity index (χ3n) is 1.69. The number of aromatic nitrogens is 3. The van der Waals surface area contributed by atoms with E-state index in [2.05, 4.69) is 15.1 Å². The summed E-state index contributed by atoms with van der Waals surface area (Å²) in [6.07, 6.45) is 0. The molecule has 2 N–H and O–H groups in total. The monoisotopic (exact) mass is 226 g/mol. The van der Waals surface area contributed by atoms with Crippen molar-refractivity contribution in [2.24, 2.45) is 5.73 Å². The lowest BCUT2D eigenvalue weighted by Gasteiger charge is -1.86. The summed E-state index contributed by atoms with van der Waals surface area (Å²) < 4.78 is 9.90. The van der Waals surface area contributed by atoms with Gasteiger partial charge in [0.2, 0.25) is 0 Å². The Morgan fingerprint density at radius 2 is 2.40 bits per heavy atom. The molecule has 0 unspecified atom stereocenters. The molecule has 0 saturated heterocycles. The highest BCUT2D eigenvalue weighted by Gasteiger charge is 2.11. The molecule has 6 nitrogen and oxygen atoms in total. The fraction of sp³-hybridized carbons (Fsp3) is 0.375. The van der Waals surface area contributed by atoms with Crippen LogP contribution in [0.5, 0.6) is 0 Å². The number of thiazole rings is 1. The van der Waals surface area contributed by atoms with Crippen LogP contribution in [-0.4, -0.2) is 22.2 Å². The van der Waals surface area contributed by atoms with Crippen molar-refractivity contribution in [3.8, 4) is 11.6 Å². The molecule has 0 aliphatic carbocycles. The Bertz CT molecular complexity index is 439. The Kier molecular flexibility index (Phi) is 3.05. The zero-order valence-electron chi connectivity index (χ0n) is 8.14. The standard InChI is InChI=1S/C8H10N4O2S/c1-13-3-6-11-8(14-12-6)5-4-15-7(2-9)10-5/h4H,2-3,9H2,1H3. The van der Waals surface area contributed by atoms with Gasteiger partial charge in [0.05, 0.1) is 0 Å².